The van der Waals surface area contributed by atoms with Crippen molar-refractivity contribution >= 4 is 0 Å². The standard InChI is InChI=1S/C22H46O2/c1-4-6-8-10-12-14-16-18-23-20-22(3)21-24-19-17-15-13-11-9-7-5-2/h22H,4-21H2,1-3H3. The van der Waals surface area contributed by atoms with Gasteiger partial charge < -0.3 is 9.47 Å². The first-order chi connectivity index (χ1) is 11.8. The van der Waals surface area contributed by atoms with Crippen LogP contribution in [0.5, 0.6) is 0 Å². The SMILES string of the molecule is CCCCCCCCCOCC(C)COCCCCCCCCC. The molecular formula is C22H46O2. The fourth-order valence-electron chi connectivity index (χ4n) is 2.94. The predicted octanol–water partition coefficient (Wildman–Crippen LogP) is 7.16. The molecule has 0 aromatic carbocycles. The largest absolute Gasteiger partial charge is 0.381 e. The summed E-state index contributed by atoms with van der Waals surface area (Å²) in [5.74, 6) is 0.527. The van der Waals surface area contributed by atoms with Crippen molar-refractivity contribution in [3.8, 4) is 0 Å². The first-order valence-electron chi connectivity index (χ1n) is 11.0. The molecule has 0 radical (unpaired) electrons. The third-order valence-corrected chi connectivity index (χ3v) is 4.59. The molecule has 0 aliphatic rings. The van der Waals surface area contributed by atoms with Crippen LogP contribution in [-0.2, 0) is 9.47 Å². The van der Waals surface area contributed by atoms with Crippen LogP contribution in [0.25, 0.3) is 0 Å². The maximum absolute atomic E-state index is 5.78. The lowest BCUT2D eigenvalue weighted by atomic mass is 10.1. The van der Waals surface area contributed by atoms with E-state index in [9.17, 15) is 0 Å². The molecule has 2 heteroatoms. The van der Waals surface area contributed by atoms with E-state index < -0.39 is 0 Å². The Kier molecular flexibility index (Phi) is 20.9. The molecule has 0 atom stereocenters. The van der Waals surface area contributed by atoms with E-state index in [4.69, 9.17) is 9.47 Å². The maximum atomic E-state index is 5.78. The average molecular weight is 343 g/mol. The van der Waals surface area contributed by atoms with Crippen LogP contribution in [0.15, 0.2) is 0 Å². The summed E-state index contributed by atoms with van der Waals surface area (Å²) in [5, 5.41) is 0. The molecule has 0 spiro atoms. The highest BCUT2D eigenvalue weighted by molar-refractivity contribution is 4.51. The number of hydrogen-bond donors (Lipinski definition) is 0. The van der Waals surface area contributed by atoms with Crippen LogP contribution in [-0.4, -0.2) is 26.4 Å². The molecular weight excluding hydrogens is 296 g/mol. The van der Waals surface area contributed by atoms with Crippen LogP contribution in [0, 0.1) is 5.92 Å². The van der Waals surface area contributed by atoms with E-state index in [1.807, 2.05) is 0 Å². The molecule has 2 nitrogen and oxygen atoms in total. The van der Waals surface area contributed by atoms with E-state index in [1.54, 1.807) is 0 Å². The van der Waals surface area contributed by atoms with Crippen molar-refractivity contribution in [2.45, 2.75) is 111 Å². The van der Waals surface area contributed by atoms with E-state index in [0.29, 0.717) is 5.92 Å². The van der Waals surface area contributed by atoms with Gasteiger partial charge in [-0.1, -0.05) is 97.8 Å². The van der Waals surface area contributed by atoms with Gasteiger partial charge in [-0.05, 0) is 12.8 Å². The molecule has 0 heterocycles. The summed E-state index contributed by atoms with van der Waals surface area (Å²) >= 11 is 0. The van der Waals surface area contributed by atoms with Crippen LogP contribution < -0.4 is 0 Å². The van der Waals surface area contributed by atoms with Crippen molar-refractivity contribution in [1.82, 2.24) is 0 Å². The zero-order valence-electron chi connectivity index (χ0n) is 17.1. The zero-order valence-corrected chi connectivity index (χ0v) is 17.1. The Morgan fingerprint density at radius 3 is 1.21 bits per heavy atom. The van der Waals surface area contributed by atoms with Gasteiger partial charge in [-0.25, -0.2) is 0 Å². The molecule has 0 amide bonds. The summed E-state index contributed by atoms with van der Waals surface area (Å²) in [7, 11) is 0. The molecule has 0 unspecified atom stereocenters. The Morgan fingerprint density at radius 1 is 0.500 bits per heavy atom. The molecule has 0 bridgehead atoms. The summed E-state index contributed by atoms with van der Waals surface area (Å²) in [4.78, 5) is 0. The summed E-state index contributed by atoms with van der Waals surface area (Å²) in [6.45, 7) is 10.3. The highest BCUT2D eigenvalue weighted by Crippen LogP contribution is 2.08. The van der Waals surface area contributed by atoms with Crippen molar-refractivity contribution in [3.05, 3.63) is 0 Å². The fraction of sp³-hybridized carbons (Fsp3) is 1.00. The van der Waals surface area contributed by atoms with E-state index >= 15 is 0 Å². The summed E-state index contributed by atoms with van der Waals surface area (Å²) in [6, 6.07) is 0. The first-order valence-corrected chi connectivity index (χ1v) is 11.0. The van der Waals surface area contributed by atoms with E-state index in [0.717, 1.165) is 26.4 Å². The lowest BCUT2D eigenvalue weighted by molar-refractivity contribution is 0.0433. The molecule has 0 saturated carbocycles. The van der Waals surface area contributed by atoms with E-state index in [2.05, 4.69) is 20.8 Å². The molecule has 0 N–H and O–H groups in total. The van der Waals surface area contributed by atoms with Gasteiger partial charge in [-0.2, -0.15) is 0 Å². The van der Waals surface area contributed by atoms with Gasteiger partial charge >= 0.3 is 0 Å². The van der Waals surface area contributed by atoms with Gasteiger partial charge in [0.25, 0.3) is 0 Å². The van der Waals surface area contributed by atoms with Gasteiger partial charge in [-0.3, -0.25) is 0 Å². The molecule has 146 valence electrons. The third kappa shape index (κ3) is 20.0. The number of rotatable bonds is 20. The molecule has 0 saturated heterocycles. The fourth-order valence-corrected chi connectivity index (χ4v) is 2.94. The van der Waals surface area contributed by atoms with Crippen LogP contribution in [0.3, 0.4) is 0 Å². The Labute approximate surface area is 153 Å². The molecule has 0 aromatic heterocycles. The van der Waals surface area contributed by atoms with Gasteiger partial charge in [0.1, 0.15) is 0 Å². The van der Waals surface area contributed by atoms with E-state index in [1.165, 1.54) is 89.9 Å². The number of hydrogen-bond acceptors (Lipinski definition) is 2. The van der Waals surface area contributed by atoms with Crippen LogP contribution in [0.2, 0.25) is 0 Å². The van der Waals surface area contributed by atoms with E-state index in [-0.39, 0.29) is 0 Å². The van der Waals surface area contributed by atoms with Gasteiger partial charge in [0.05, 0.1) is 13.2 Å². The third-order valence-electron chi connectivity index (χ3n) is 4.59. The highest BCUT2D eigenvalue weighted by Gasteiger charge is 2.02. The Bertz CT molecular complexity index is 196. The van der Waals surface area contributed by atoms with Gasteiger partial charge in [-0.15, -0.1) is 0 Å². The van der Waals surface area contributed by atoms with Crippen molar-refractivity contribution in [3.63, 3.8) is 0 Å². The Balaban J connectivity index is 3.12. The summed E-state index contributed by atoms with van der Waals surface area (Å²) in [5.41, 5.74) is 0. The molecule has 0 aliphatic heterocycles. The minimum Gasteiger partial charge on any atom is -0.381 e. The molecule has 0 aliphatic carbocycles. The molecule has 0 aromatic rings. The minimum absolute atomic E-state index is 0.527. The second-order valence-corrected chi connectivity index (χ2v) is 7.50. The van der Waals surface area contributed by atoms with Crippen LogP contribution >= 0.6 is 0 Å². The summed E-state index contributed by atoms with van der Waals surface area (Å²) < 4.78 is 11.6. The predicted molar refractivity (Wildman–Crippen MR) is 107 cm³/mol. The quantitative estimate of drug-likeness (QED) is 0.219. The van der Waals surface area contributed by atoms with Crippen molar-refractivity contribution < 1.29 is 9.47 Å². The topological polar surface area (TPSA) is 18.5 Å². The van der Waals surface area contributed by atoms with Gasteiger partial charge in [0, 0.05) is 19.1 Å². The lowest BCUT2D eigenvalue weighted by Gasteiger charge is -2.12. The number of unbranched alkanes of at least 4 members (excludes halogenated alkanes) is 12. The Hall–Kier alpha value is -0.0800. The lowest BCUT2D eigenvalue weighted by Crippen LogP contribution is -2.14. The second-order valence-electron chi connectivity index (χ2n) is 7.50. The normalized spacial score (nSPS) is 11.5. The van der Waals surface area contributed by atoms with Crippen molar-refractivity contribution in [2.75, 3.05) is 26.4 Å². The van der Waals surface area contributed by atoms with Crippen LogP contribution in [0.4, 0.5) is 0 Å². The number of ether oxygens (including phenoxy) is 2. The maximum Gasteiger partial charge on any atom is 0.0513 e. The minimum atomic E-state index is 0.527. The van der Waals surface area contributed by atoms with Gasteiger partial charge in [0.2, 0.25) is 0 Å². The first kappa shape index (κ1) is 23.9. The van der Waals surface area contributed by atoms with Crippen LogP contribution in [0.1, 0.15) is 111 Å². The smallest absolute Gasteiger partial charge is 0.0513 e. The Morgan fingerprint density at radius 2 is 0.833 bits per heavy atom. The average Bonchev–Trinajstić information content (AvgIpc) is 2.59. The molecule has 24 heavy (non-hydrogen) atoms. The van der Waals surface area contributed by atoms with Gasteiger partial charge in [0.15, 0.2) is 0 Å². The highest BCUT2D eigenvalue weighted by atomic mass is 16.5. The molecule has 0 fully saturated rings. The second kappa shape index (κ2) is 21.0. The van der Waals surface area contributed by atoms with Crippen molar-refractivity contribution in [1.29, 1.82) is 0 Å². The monoisotopic (exact) mass is 342 g/mol. The summed E-state index contributed by atoms with van der Waals surface area (Å²) in [6.07, 6.45) is 18.9. The molecule has 0 rings (SSSR count). The van der Waals surface area contributed by atoms with Crippen molar-refractivity contribution in [2.24, 2.45) is 5.92 Å². The zero-order chi connectivity index (χ0) is 17.7.